The molecule has 3 N–H and O–H groups in total. The highest BCUT2D eigenvalue weighted by Gasteiger charge is 2.53. The predicted octanol–water partition coefficient (Wildman–Crippen LogP) is 2.06. The van der Waals surface area contributed by atoms with Gasteiger partial charge in [-0.15, -0.1) is 0 Å². The summed E-state index contributed by atoms with van der Waals surface area (Å²) in [6, 6.07) is 3.68. The van der Waals surface area contributed by atoms with Gasteiger partial charge in [-0.1, -0.05) is 13.0 Å². The second kappa shape index (κ2) is 4.93. The number of aliphatic hydroxyl groups excluding tert-OH is 3. The van der Waals surface area contributed by atoms with E-state index in [0.717, 1.165) is 23.1 Å². The van der Waals surface area contributed by atoms with Crippen LogP contribution in [-0.2, 0) is 10.2 Å². The first-order valence-electron chi connectivity index (χ1n) is 9.06. The Labute approximate surface area is 145 Å². The van der Waals surface area contributed by atoms with E-state index in [1.54, 1.807) is 6.07 Å². The molecule has 1 heterocycles. The van der Waals surface area contributed by atoms with Gasteiger partial charge in [-0.05, 0) is 54.0 Å². The summed E-state index contributed by atoms with van der Waals surface area (Å²) in [5.41, 5.74) is 3.43. The van der Waals surface area contributed by atoms with Crippen molar-refractivity contribution < 1.29 is 24.9 Å². The number of Topliss-reactive ketones (excluding diaryl/α,β-unsaturated/α-hetero) is 1. The molecule has 1 fully saturated rings. The van der Waals surface area contributed by atoms with Crippen LogP contribution in [0.4, 0.5) is 0 Å². The van der Waals surface area contributed by atoms with Gasteiger partial charge in [0, 0.05) is 16.9 Å². The van der Waals surface area contributed by atoms with Crippen LogP contribution in [0, 0.1) is 5.92 Å². The van der Waals surface area contributed by atoms with E-state index in [1.807, 2.05) is 6.07 Å². The summed E-state index contributed by atoms with van der Waals surface area (Å²) in [4.78, 5) is 13.0. The van der Waals surface area contributed by atoms with Gasteiger partial charge in [0.1, 0.15) is 0 Å². The maximum Gasteiger partial charge on any atom is 0.227 e. The smallest absolute Gasteiger partial charge is 0.227 e. The molecule has 0 amide bonds. The maximum absolute atomic E-state index is 13.0. The van der Waals surface area contributed by atoms with E-state index in [-0.39, 0.29) is 17.1 Å². The summed E-state index contributed by atoms with van der Waals surface area (Å²) in [7, 11) is 0. The number of ketones is 1. The number of ether oxygens (including phenoxy) is 1. The number of carbonyl (C=O) groups is 1. The van der Waals surface area contributed by atoms with Gasteiger partial charge in [0.2, 0.25) is 5.78 Å². The number of hydrogen-bond donors (Lipinski definition) is 3. The Hall–Kier alpha value is -1.69. The normalized spacial score (nSPS) is 38.8. The number of carbonyl (C=O) groups excluding carboxylic acids is 1. The second-order valence-electron chi connectivity index (χ2n) is 8.06. The minimum absolute atomic E-state index is 0.127. The van der Waals surface area contributed by atoms with Crippen molar-refractivity contribution in [2.24, 2.45) is 5.92 Å². The van der Waals surface area contributed by atoms with Crippen LogP contribution in [0.2, 0.25) is 0 Å². The average molecular weight is 342 g/mol. The first kappa shape index (κ1) is 15.6. The largest absolute Gasteiger partial charge is 0.489 e. The van der Waals surface area contributed by atoms with Gasteiger partial charge < -0.3 is 20.1 Å². The van der Waals surface area contributed by atoms with Crippen molar-refractivity contribution in [1.29, 1.82) is 0 Å². The van der Waals surface area contributed by atoms with E-state index in [4.69, 9.17) is 4.74 Å². The Bertz CT molecular complexity index is 826. The lowest BCUT2D eigenvalue weighted by Gasteiger charge is -2.44. The van der Waals surface area contributed by atoms with E-state index >= 15 is 0 Å². The van der Waals surface area contributed by atoms with Gasteiger partial charge in [-0.25, -0.2) is 0 Å². The monoisotopic (exact) mass is 342 g/mol. The summed E-state index contributed by atoms with van der Waals surface area (Å²) < 4.78 is 5.73. The van der Waals surface area contributed by atoms with Gasteiger partial charge in [-0.2, -0.15) is 0 Å². The molecule has 5 atom stereocenters. The van der Waals surface area contributed by atoms with Crippen molar-refractivity contribution in [3.05, 3.63) is 45.7 Å². The lowest BCUT2D eigenvalue weighted by molar-refractivity contribution is 0.0629. The molecule has 0 aromatic heterocycles. The predicted molar refractivity (Wildman–Crippen MR) is 89.0 cm³/mol. The third kappa shape index (κ3) is 1.86. The van der Waals surface area contributed by atoms with Crippen LogP contribution in [0.3, 0.4) is 0 Å². The second-order valence-corrected chi connectivity index (χ2v) is 8.06. The van der Waals surface area contributed by atoms with Gasteiger partial charge in [-0.3, -0.25) is 4.79 Å². The number of benzene rings is 1. The van der Waals surface area contributed by atoms with Gasteiger partial charge in [0.15, 0.2) is 5.76 Å². The number of rotatable bonds is 0. The fourth-order valence-electron chi connectivity index (χ4n) is 5.31. The zero-order chi connectivity index (χ0) is 17.5. The highest BCUT2D eigenvalue weighted by molar-refractivity contribution is 6.11. The lowest BCUT2D eigenvalue weighted by Crippen LogP contribution is -2.43. The third-order valence-corrected chi connectivity index (χ3v) is 6.72. The highest BCUT2D eigenvalue weighted by atomic mass is 16.5. The lowest BCUT2D eigenvalue weighted by atomic mass is 9.58. The van der Waals surface area contributed by atoms with Gasteiger partial charge in [0.25, 0.3) is 0 Å². The molecule has 25 heavy (non-hydrogen) atoms. The Morgan fingerprint density at radius 2 is 1.76 bits per heavy atom. The topological polar surface area (TPSA) is 87.0 Å². The molecular weight excluding hydrogens is 320 g/mol. The molecule has 4 aliphatic rings. The number of hydrogen-bond acceptors (Lipinski definition) is 5. The molecule has 5 heteroatoms. The van der Waals surface area contributed by atoms with Crippen molar-refractivity contribution in [2.45, 2.75) is 56.3 Å². The van der Waals surface area contributed by atoms with Crippen molar-refractivity contribution >= 4 is 5.78 Å². The summed E-state index contributed by atoms with van der Waals surface area (Å²) in [5, 5.41) is 31.1. The number of allylic oxidation sites excluding steroid dienone is 1. The molecule has 1 aliphatic heterocycles. The molecule has 0 saturated heterocycles. The molecule has 1 aromatic rings. The quantitative estimate of drug-likeness (QED) is 0.672. The summed E-state index contributed by atoms with van der Waals surface area (Å²) >= 11 is 0. The summed E-state index contributed by atoms with van der Waals surface area (Å²) in [6.07, 6.45) is 0.696. The van der Waals surface area contributed by atoms with Crippen LogP contribution in [0.5, 0.6) is 0 Å². The molecule has 0 radical (unpaired) electrons. The minimum atomic E-state index is -0.648. The molecule has 5 nitrogen and oxygen atoms in total. The average Bonchev–Trinajstić information content (AvgIpc) is 3.06. The van der Waals surface area contributed by atoms with Crippen molar-refractivity contribution in [1.82, 2.24) is 0 Å². The highest BCUT2D eigenvalue weighted by Crippen LogP contribution is 2.55. The number of aliphatic hydroxyl groups is 3. The van der Waals surface area contributed by atoms with Crippen LogP contribution in [0.15, 0.2) is 23.5 Å². The molecule has 1 aromatic carbocycles. The standard InChI is InChI=1S/C20H22O5/c1-20-5-4-16(23)12-8-25-19(17(12)20)18(24)11-6-9-10(7-13(11)20)15(22)3-2-14(9)21/h6-7,12,14-16,21-23H,2-5,8H2,1H3/t12-,14?,15?,16-,20-/m0/s1. The van der Waals surface area contributed by atoms with Crippen molar-refractivity contribution in [3.8, 4) is 0 Å². The molecule has 1 saturated carbocycles. The molecule has 3 aliphatic carbocycles. The Morgan fingerprint density at radius 3 is 2.48 bits per heavy atom. The van der Waals surface area contributed by atoms with Crippen molar-refractivity contribution in [2.75, 3.05) is 6.61 Å². The van der Waals surface area contributed by atoms with Crippen LogP contribution in [-0.4, -0.2) is 33.8 Å². The molecule has 0 spiro atoms. The summed E-state index contributed by atoms with van der Waals surface area (Å²) in [5.74, 6) is 0.107. The number of fused-ring (bicyclic) bond motifs is 3. The fourth-order valence-corrected chi connectivity index (χ4v) is 5.31. The van der Waals surface area contributed by atoms with E-state index < -0.39 is 18.3 Å². The van der Waals surface area contributed by atoms with Crippen LogP contribution in [0.1, 0.15) is 71.9 Å². The molecule has 0 bridgehead atoms. The van der Waals surface area contributed by atoms with Crippen LogP contribution < -0.4 is 0 Å². The van der Waals surface area contributed by atoms with Crippen LogP contribution in [0.25, 0.3) is 0 Å². The molecule has 2 unspecified atom stereocenters. The third-order valence-electron chi connectivity index (χ3n) is 6.72. The zero-order valence-electron chi connectivity index (χ0n) is 14.2. The van der Waals surface area contributed by atoms with Gasteiger partial charge >= 0.3 is 0 Å². The van der Waals surface area contributed by atoms with E-state index in [2.05, 4.69) is 6.92 Å². The van der Waals surface area contributed by atoms with Gasteiger partial charge in [0.05, 0.1) is 24.9 Å². The maximum atomic E-state index is 13.0. The summed E-state index contributed by atoms with van der Waals surface area (Å²) in [6.45, 7) is 2.46. The first-order chi connectivity index (χ1) is 11.9. The Morgan fingerprint density at radius 1 is 1.08 bits per heavy atom. The van der Waals surface area contributed by atoms with Crippen molar-refractivity contribution in [3.63, 3.8) is 0 Å². The SMILES string of the molecule is C[C@@]12CC[C@H](O)[C@@H]3COC(=C31)C(=O)c1cc3c(cc12)C(O)CCC3O. The van der Waals surface area contributed by atoms with E-state index in [1.165, 1.54) is 0 Å². The zero-order valence-corrected chi connectivity index (χ0v) is 14.2. The van der Waals surface area contributed by atoms with Crippen LogP contribution >= 0.6 is 0 Å². The fraction of sp³-hybridized carbons (Fsp3) is 0.550. The molecule has 5 rings (SSSR count). The first-order valence-corrected chi connectivity index (χ1v) is 9.06. The molecule has 132 valence electrons. The Kier molecular flexibility index (Phi) is 3.07. The van der Waals surface area contributed by atoms with E-state index in [0.29, 0.717) is 42.8 Å². The van der Waals surface area contributed by atoms with E-state index in [9.17, 15) is 20.1 Å². The minimum Gasteiger partial charge on any atom is -0.489 e. The molecular formula is C20H22O5. The Balaban J connectivity index is 1.76.